The molecule has 1 aliphatic rings. The maximum atomic E-state index is 12.8. The molecule has 0 spiro atoms. The van der Waals surface area contributed by atoms with Crippen LogP contribution in [0.1, 0.15) is 39.9 Å². The Balaban J connectivity index is 1.34. The van der Waals surface area contributed by atoms with Crippen LogP contribution in [0.5, 0.6) is 0 Å². The molecular weight excluding hydrogens is 372 g/mol. The highest BCUT2D eigenvalue weighted by Gasteiger charge is 2.22. The van der Waals surface area contributed by atoms with E-state index in [-0.39, 0.29) is 11.8 Å². The van der Waals surface area contributed by atoms with Gasteiger partial charge in [-0.05, 0) is 60.2 Å². The molecule has 0 saturated carbocycles. The first-order valence-corrected chi connectivity index (χ1v) is 10.5. The first kappa shape index (κ1) is 19.9. The maximum Gasteiger partial charge on any atom is 0.254 e. The molecule has 0 saturated heterocycles. The fourth-order valence-electron chi connectivity index (χ4n) is 3.89. The second kappa shape index (κ2) is 9.40. The Hall–Kier alpha value is -3.40. The molecule has 0 bridgehead atoms. The number of anilines is 1. The number of benzene rings is 3. The minimum Gasteiger partial charge on any atom is -0.334 e. The van der Waals surface area contributed by atoms with Crippen LogP contribution in [0.4, 0.5) is 5.69 Å². The number of rotatable bonds is 6. The summed E-state index contributed by atoms with van der Waals surface area (Å²) in [5.74, 6) is 0.0792. The topological polar surface area (TPSA) is 49.4 Å². The molecule has 30 heavy (non-hydrogen) atoms. The van der Waals surface area contributed by atoms with Crippen molar-refractivity contribution in [2.75, 3.05) is 11.9 Å². The predicted molar refractivity (Wildman–Crippen MR) is 119 cm³/mol. The molecule has 2 amide bonds. The van der Waals surface area contributed by atoms with Crippen LogP contribution in [0.2, 0.25) is 0 Å². The summed E-state index contributed by atoms with van der Waals surface area (Å²) in [5, 5.41) is 3.01. The molecule has 0 unspecified atom stereocenters. The highest BCUT2D eigenvalue weighted by atomic mass is 16.2. The summed E-state index contributed by atoms with van der Waals surface area (Å²) >= 11 is 0. The molecule has 152 valence electrons. The number of carbonyl (C=O) groups excluding carboxylic acids is 2. The van der Waals surface area contributed by atoms with Crippen molar-refractivity contribution in [2.45, 2.75) is 32.2 Å². The summed E-state index contributed by atoms with van der Waals surface area (Å²) < 4.78 is 0. The third kappa shape index (κ3) is 4.95. The summed E-state index contributed by atoms with van der Waals surface area (Å²) in [6.45, 7) is 1.28. The highest BCUT2D eigenvalue weighted by molar-refractivity contribution is 5.94. The van der Waals surface area contributed by atoms with Crippen molar-refractivity contribution in [3.8, 4) is 0 Å². The van der Waals surface area contributed by atoms with E-state index in [1.54, 1.807) is 0 Å². The summed E-state index contributed by atoms with van der Waals surface area (Å²) in [6.07, 6.45) is 3.04. The fourth-order valence-corrected chi connectivity index (χ4v) is 3.89. The van der Waals surface area contributed by atoms with Gasteiger partial charge in [0.25, 0.3) is 5.91 Å². The molecule has 4 nitrogen and oxygen atoms in total. The number of hydrogen-bond acceptors (Lipinski definition) is 2. The van der Waals surface area contributed by atoms with Crippen LogP contribution in [0.25, 0.3) is 0 Å². The Labute approximate surface area is 177 Å². The average Bonchev–Trinajstić information content (AvgIpc) is 2.79. The van der Waals surface area contributed by atoms with Gasteiger partial charge in [0, 0.05) is 30.8 Å². The van der Waals surface area contributed by atoms with Gasteiger partial charge in [-0.15, -0.1) is 0 Å². The van der Waals surface area contributed by atoms with Crippen LogP contribution < -0.4 is 5.32 Å². The van der Waals surface area contributed by atoms with E-state index in [9.17, 15) is 9.59 Å². The molecule has 1 heterocycles. The van der Waals surface area contributed by atoms with Gasteiger partial charge >= 0.3 is 0 Å². The molecule has 0 atom stereocenters. The second-order valence-corrected chi connectivity index (χ2v) is 7.71. The smallest absolute Gasteiger partial charge is 0.254 e. The molecule has 3 aromatic rings. The van der Waals surface area contributed by atoms with Gasteiger partial charge < -0.3 is 10.2 Å². The molecule has 4 heteroatoms. The lowest BCUT2D eigenvalue weighted by Crippen LogP contribution is -2.36. The van der Waals surface area contributed by atoms with E-state index >= 15 is 0 Å². The van der Waals surface area contributed by atoms with E-state index in [0.717, 1.165) is 30.5 Å². The molecule has 0 aliphatic carbocycles. The van der Waals surface area contributed by atoms with Crippen molar-refractivity contribution in [2.24, 2.45) is 0 Å². The van der Waals surface area contributed by atoms with Crippen LogP contribution in [-0.2, 0) is 24.2 Å². The van der Waals surface area contributed by atoms with Gasteiger partial charge in [-0.1, -0.05) is 54.6 Å². The fraction of sp³-hybridized carbons (Fsp3) is 0.231. The molecule has 0 fully saturated rings. The Kier molecular flexibility index (Phi) is 6.23. The molecule has 1 N–H and O–H groups in total. The molecule has 1 aliphatic heterocycles. The lowest BCUT2D eigenvalue weighted by atomic mass is 9.98. The van der Waals surface area contributed by atoms with Crippen LogP contribution >= 0.6 is 0 Å². The van der Waals surface area contributed by atoms with Gasteiger partial charge in [0.05, 0.1) is 0 Å². The largest absolute Gasteiger partial charge is 0.334 e. The van der Waals surface area contributed by atoms with Crippen molar-refractivity contribution >= 4 is 17.5 Å². The van der Waals surface area contributed by atoms with Crippen LogP contribution in [-0.4, -0.2) is 23.3 Å². The Morgan fingerprint density at radius 2 is 1.60 bits per heavy atom. The first-order chi connectivity index (χ1) is 14.7. The SMILES string of the molecule is O=C(CCCc1ccccc1)Nc1ccc2c(c1)CN(C(=O)c1ccccc1)CC2. The number of hydrogen-bond donors (Lipinski definition) is 1. The highest BCUT2D eigenvalue weighted by Crippen LogP contribution is 2.24. The van der Waals surface area contributed by atoms with Gasteiger partial charge in [0.2, 0.25) is 5.91 Å². The van der Waals surface area contributed by atoms with E-state index in [4.69, 9.17) is 0 Å². The van der Waals surface area contributed by atoms with Crippen molar-refractivity contribution in [3.63, 3.8) is 0 Å². The monoisotopic (exact) mass is 398 g/mol. The molecule has 0 radical (unpaired) electrons. The number of amides is 2. The number of fused-ring (bicyclic) bond motifs is 1. The summed E-state index contributed by atoms with van der Waals surface area (Å²) in [7, 11) is 0. The van der Waals surface area contributed by atoms with Gasteiger partial charge in [0.1, 0.15) is 0 Å². The van der Waals surface area contributed by atoms with E-state index in [1.807, 2.05) is 65.6 Å². The Morgan fingerprint density at radius 1 is 0.867 bits per heavy atom. The zero-order valence-electron chi connectivity index (χ0n) is 17.0. The molecule has 0 aromatic heterocycles. The van der Waals surface area contributed by atoms with Crippen molar-refractivity contribution in [3.05, 3.63) is 101 Å². The van der Waals surface area contributed by atoms with E-state index < -0.39 is 0 Å². The Morgan fingerprint density at radius 3 is 2.37 bits per heavy atom. The van der Waals surface area contributed by atoms with Crippen LogP contribution in [0, 0.1) is 0 Å². The van der Waals surface area contributed by atoms with Gasteiger partial charge in [-0.25, -0.2) is 0 Å². The standard InChI is InChI=1S/C26H26N2O2/c29-25(13-7-10-20-8-3-1-4-9-20)27-24-15-14-21-16-17-28(19-23(21)18-24)26(30)22-11-5-2-6-12-22/h1-6,8-9,11-12,14-15,18H,7,10,13,16-17,19H2,(H,27,29). The van der Waals surface area contributed by atoms with Crippen molar-refractivity contribution in [1.82, 2.24) is 4.90 Å². The second-order valence-electron chi connectivity index (χ2n) is 7.71. The van der Waals surface area contributed by atoms with Crippen molar-refractivity contribution in [1.29, 1.82) is 0 Å². The number of nitrogens with zero attached hydrogens (tertiary/aromatic N) is 1. The van der Waals surface area contributed by atoms with E-state index in [0.29, 0.717) is 25.1 Å². The molecule has 3 aromatic carbocycles. The Bertz CT molecular complexity index is 1020. The normalized spacial score (nSPS) is 12.9. The van der Waals surface area contributed by atoms with Gasteiger partial charge in [-0.3, -0.25) is 9.59 Å². The van der Waals surface area contributed by atoms with Crippen LogP contribution in [0.15, 0.2) is 78.9 Å². The third-order valence-corrected chi connectivity index (χ3v) is 5.52. The lowest BCUT2D eigenvalue weighted by molar-refractivity contribution is -0.116. The summed E-state index contributed by atoms with van der Waals surface area (Å²) in [4.78, 5) is 27.0. The predicted octanol–water partition coefficient (Wildman–Crippen LogP) is 4.85. The minimum absolute atomic E-state index is 0.0268. The minimum atomic E-state index is 0.0268. The summed E-state index contributed by atoms with van der Waals surface area (Å²) in [6, 6.07) is 25.6. The molecule has 4 rings (SSSR count). The maximum absolute atomic E-state index is 12.8. The quantitative estimate of drug-likeness (QED) is 0.645. The average molecular weight is 399 g/mol. The third-order valence-electron chi connectivity index (χ3n) is 5.52. The number of nitrogens with one attached hydrogen (secondary N) is 1. The number of carbonyl (C=O) groups is 2. The zero-order valence-corrected chi connectivity index (χ0v) is 17.0. The number of aryl methyl sites for hydroxylation is 1. The molecular formula is C26H26N2O2. The summed E-state index contributed by atoms with van der Waals surface area (Å²) in [5.41, 5.74) is 5.11. The van der Waals surface area contributed by atoms with E-state index in [1.165, 1.54) is 11.1 Å². The lowest BCUT2D eigenvalue weighted by Gasteiger charge is -2.29. The van der Waals surface area contributed by atoms with E-state index in [2.05, 4.69) is 23.5 Å². The van der Waals surface area contributed by atoms with Crippen molar-refractivity contribution < 1.29 is 9.59 Å². The van der Waals surface area contributed by atoms with Gasteiger partial charge in [-0.2, -0.15) is 0 Å². The zero-order chi connectivity index (χ0) is 20.8. The first-order valence-electron chi connectivity index (χ1n) is 10.5. The van der Waals surface area contributed by atoms with Crippen LogP contribution in [0.3, 0.4) is 0 Å². The van der Waals surface area contributed by atoms with Gasteiger partial charge in [0.15, 0.2) is 0 Å².